The Morgan fingerprint density at radius 1 is 1.10 bits per heavy atom. The smallest absolute Gasteiger partial charge is 0.323 e. The fraction of sp³-hybridized carbons (Fsp3) is 0.0952. The zero-order valence-electron chi connectivity index (χ0n) is 15.5. The minimum Gasteiger partial charge on any atom is -0.454 e. The zero-order chi connectivity index (χ0) is 19.8. The molecule has 0 fully saturated rings. The van der Waals surface area contributed by atoms with E-state index < -0.39 is 0 Å². The van der Waals surface area contributed by atoms with Crippen LogP contribution < -0.4 is 20.1 Å². The van der Waals surface area contributed by atoms with Gasteiger partial charge in [0.05, 0.1) is 5.69 Å². The van der Waals surface area contributed by atoms with E-state index in [2.05, 4.69) is 20.6 Å². The number of imidazole rings is 1. The van der Waals surface area contributed by atoms with Gasteiger partial charge in [0.2, 0.25) is 12.6 Å². The molecule has 0 saturated heterocycles. The van der Waals surface area contributed by atoms with Gasteiger partial charge in [-0.15, -0.1) is 0 Å². The van der Waals surface area contributed by atoms with Crippen LogP contribution in [0.15, 0.2) is 61.1 Å². The predicted octanol–water partition coefficient (Wildman–Crippen LogP) is 4.08. The van der Waals surface area contributed by atoms with Crippen molar-refractivity contribution in [3.05, 3.63) is 66.6 Å². The zero-order valence-corrected chi connectivity index (χ0v) is 15.5. The molecule has 0 radical (unpaired) electrons. The van der Waals surface area contributed by atoms with Gasteiger partial charge in [-0.25, -0.2) is 14.8 Å². The number of rotatable bonds is 3. The van der Waals surface area contributed by atoms with E-state index in [1.807, 2.05) is 48.0 Å². The second-order valence-electron chi connectivity index (χ2n) is 6.63. The van der Waals surface area contributed by atoms with Crippen molar-refractivity contribution < 1.29 is 14.3 Å². The van der Waals surface area contributed by atoms with Crippen LogP contribution in [0.5, 0.6) is 11.5 Å². The number of aromatic nitrogens is 3. The molecule has 1 aliphatic rings. The molecule has 0 spiro atoms. The van der Waals surface area contributed by atoms with Gasteiger partial charge < -0.3 is 20.1 Å². The molecule has 8 nitrogen and oxygen atoms in total. The first kappa shape index (κ1) is 17.1. The molecule has 144 valence electrons. The molecule has 2 aromatic carbocycles. The number of anilines is 2. The Balaban J connectivity index is 1.36. The summed E-state index contributed by atoms with van der Waals surface area (Å²) in [6, 6.07) is 12.6. The van der Waals surface area contributed by atoms with E-state index in [0.29, 0.717) is 28.7 Å². The van der Waals surface area contributed by atoms with E-state index >= 15 is 0 Å². The maximum atomic E-state index is 12.5. The van der Waals surface area contributed by atoms with E-state index in [4.69, 9.17) is 9.47 Å². The van der Waals surface area contributed by atoms with Gasteiger partial charge in [0.25, 0.3) is 0 Å². The van der Waals surface area contributed by atoms with Crippen molar-refractivity contribution in [1.29, 1.82) is 0 Å². The van der Waals surface area contributed by atoms with Crippen molar-refractivity contribution in [1.82, 2.24) is 14.4 Å². The Hall–Kier alpha value is -4.07. The first-order valence-corrected chi connectivity index (χ1v) is 9.04. The molecular formula is C21H17N5O3. The van der Waals surface area contributed by atoms with Crippen molar-refractivity contribution in [3.63, 3.8) is 0 Å². The van der Waals surface area contributed by atoms with Crippen LogP contribution in [-0.2, 0) is 0 Å². The molecule has 1 aliphatic heterocycles. The number of carbonyl (C=O) groups excluding carboxylic acids is 1. The quantitative estimate of drug-likeness (QED) is 0.553. The number of amides is 2. The molecule has 2 N–H and O–H groups in total. The van der Waals surface area contributed by atoms with Gasteiger partial charge in [0, 0.05) is 41.6 Å². The van der Waals surface area contributed by atoms with Crippen LogP contribution in [0, 0.1) is 6.92 Å². The number of carbonyl (C=O) groups is 1. The van der Waals surface area contributed by atoms with Crippen LogP contribution >= 0.6 is 0 Å². The number of hydrogen-bond donors (Lipinski definition) is 2. The minimum absolute atomic E-state index is 0.190. The number of ether oxygens (including phenoxy) is 2. The normalized spacial score (nSPS) is 12.2. The number of nitrogens with zero attached hydrogens (tertiary/aromatic N) is 3. The fourth-order valence-electron chi connectivity index (χ4n) is 3.14. The minimum atomic E-state index is -0.346. The Kier molecular flexibility index (Phi) is 4.02. The Labute approximate surface area is 166 Å². The number of nitrogens with one attached hydrogen (secondary N) is 2. The molecule has 2 amide bonds. The van der Waals surface area contributed by atoms with Crippen LogP contribution in [0.1, 0.15) is 5.56 Å². The predicted molar refractivity (Wildman–Crippen MR) is 108 cm³/mol. The number of benzene rings is 2. The van der Waals surface area contributed by atoms with Crippen LogP contribution in [0.4, 0.5) is 16.2 Å². The second-order valence-corrected chi connectivity index (χ2v) is 6.63. The summed E-state index contributed by atoms with van der Waals surface area (Å²) < 4.78 is 12.5. The molecule has 0 aliphatic carbocycles. The highest BCUT2D eigenvalue weighted by molar-refractivity contribution is 6.00. The maximum absolute atomic E-state index is 12.5. The van der Waals surface area contributed by atoms with Gasteiger partial charge in [-0.3, -0.25) is 4.40 Å². The molecule has 2 aromatic heterocycles. The standard InChI is InChI=1S/C21H17N5O3/c1-13-3-4-14(17-11-26-8-2-7-22-20(26)24-17)9-16(13)25-21(27)23-15-5-6-18-19(10-15)29-12-28-18/h2-11H,12H2,1H3,(H2,23,25,27). The van der Waals surface area contributed by atoms with Crippen molar-refractivity contribution in [2.24, 2.45) is 0 Å². The monoisotopic (exact) mass is 387 g/mol. The Bertz CT molecular complexity index is 1200. The lowest BCUT2D eigenvalue weighted by atomic mass is 10.1. The second kappa shape index (κ2) is 6.83. The third kappa shape index (κ3) is 3.31. The average Bonchev–Trinajstić information content (AvgIpc) is 3.35. The largest absolute Gasteiger partial charge is 0.454 e. The fourth-order valence-corrected chi connectivity index (χ4v) is 3.14. The van der Waals surface area contributed by atoms with Crippen LogP contribution in [0.2, 0.25) is 0 Å². The summed E-state index contributed by atoms with van der Waals surface area (Å²) >= 11 is 0. The summed E-state index contributed by atoms with van der Waals surface area (Å²) in [6.07, 6.45) is 5.50. The molecule has 0 bridgehead atoms. The van der Waals surface area contributed by atoms with Gasteiger partial charge in [0.15, 0.2) is 11.5 Å². The lowest BCUT2D eigenvalue weighted by Crippen LogP contribution is -2.20. The van der Waals surface area contributed by atoms with E-state index in [1.165, 1.54) is 0 Å². The highest BCUT2D eigenvalue weighted by Crippen LogP contribution is 2.34. The highest BCUT2D eigenvalue weighted by Gasteiger charge is 2.15. The topological polar surface area (TPSA) is 89.8 Å². The molecular weight excluding hydrogens is 370 g/mol. The highest BCUT2D eigenvalue weighted by atomic mass is 16.7. The molecule has 29 heavy (non-hydrogen) atoms. The van der Waals surface area contributed by atoms with Crippen LogP contribution in [0.3, 0.4) is 0 Å². The third-order valence-electron chi connectivity index (χ3n) is 4.65. The summed E-state index contributed by atoms with van der Waals surface area (Å²) in [4.78, 5) is 21.3. The molecule has 0 unspecified atom stereocenters. The molecule has 8 heteroatoms. The molecule has 0 saturated carbocycles. The summed E-state index contributed by atoms with van der Waals surface area (Å²) in [5.41, 5.74) is 3.93. The van der Waals surface area contributed by atoms with Crippen molar-refractivity contribution >= 4 is 23.2 Å². The number of urea groups is 1. The number of aryl methyl sites for hydroxylation is 1. The molecule has 5 rings (SSSR count). The van der Waals surface area contributed by atoms with Crippen molar-refractivity contribution in [2.75, 3.05) is 17.4 Å². The molecule has 4 aromatic rings. The average molecular weight is 387 g/mol. The Morgan fingerprint density at radius 2 is 2.00 bits per heavy atom. The van der Waals surface area contributed by atoms with E-state index in [0.717, 1.165) is 16.8 Å². The Morgan fingerprint density at radius 3 is 2.90 bits per heavy atom. The van der Waals surface area contributed by atoms with Gasteiger partial charge in [0.1, 0.15) is 0 Å². The summed E-state index contributed by atoms with van der Waals surface area (Å²) in [5, 5.41) is 5.71. The summed E-state index contributed by atoms with van der Waals surface area (Å²) in [5.74, 6) is 1.90. The van der Waals surface area contributed by atoms with Crippen molar-refractivity contribution in [3.8, 4) is 22.8 Å². The maximum Gasteiger partial charge on any atom is 0.323 e. The SMILES string of the molecule is Cc1ccc(-c2cn3cccnc3n2)cc1NC(=O)Nc1ccc2c(c1)OCO2. The van der Waals surface area contributed by atoms with Crippen molar-refractivity contribution in [2.45, 2.75) is 6.92 Å². The van der Waals surface area contributed by atoms with E-state index in [-0.39, 0.29) is 12.8 Å². The van der Waals surface area contributed by atoms with Gasteiger partial charge in [-0.05, 0) is 36.8 Å². The first-order chi connectivity index (χ1) is 14.2. The van der Waals surface area contributed by atoms with Crippen LogP contribution in [0.25, 0.3) is 17.0 Å². The lowest BCUT2D eigenvalue weighted by Gasteiger charge is -2.11. The lowest BCUT2D eigenvalue weighted by molar-refractivity contribution is 0.174. The first-order valence-electron chi connectivity index (χ1n) is 9.04. The van der Waals surface area contributed by atoms with Gasteiger partial charge in [-0.2, -0.15) is 0 Å². The molecule has 3 heterocycles. The number of fused-ring (bicyclic) bond motifs is 2. The van der Waals surface area contributed by atoms with E-state index in [9.17, 15) is 4.79 Å². The van der Waals surface area contributed by atoms with E-state index in [1.54, 1.807) is 24.4 Å². The third-order valence-corrected chi connectivity index (χ3v) is 4.65. The van der Waals surface area contributed by atoms with Crippen LogP contribution in [-0.4, -0.2) is 27.2 Å². The number of hydrogen-bond acceptors (Lipinski definition) is 5. The van der Waals surface area contributed by atoms with Gasteiger partial charge in [-0.1, -0.05) is 12.1 Å². The summed E-state index contributed by atoms with van der Waals surface area (Å²) in [6.45, 7) is 2.13. The summed E-state index contributed by atoms with van der Waals surface area (Å²) in [7, 11) is 0. The molecule has 0 atom stereocenters. The van der Waals surface area contributed by atoms with Gasteiger partial charge >= 0.3 is 6.03 Å².